The number of anilines is 1. The number of nitrogens with zero attached hydrogens (tertiary/aromatic N) is 2. The van der Waals surface area contributed by atoms with Crippen molar-refractivity contribution in [1.82, 2.24) is 9.88 Å². The van der Waals surface area contributed by atoms with Gasteiger partial charge in [-0.2, -0.15) is 13.2 Å². The average Bonchev–Trinajstić information content (AvgIpc) is 3.26. The standard InChI is InChI=1S/C25H25F4N3O3S2/c1-15-5-6-18(12-21(15)31-37(34,35)14-26)19-4-3-11-32(13-19)24(33)22-16(2)30-23(36-22)17-7-9-20(10-8-17)25(27,28)29/h5-10,12,19,31H,3-4,11,13-14H2,1-2H3. The molecule has 2 heterocycles. The number of amides is 1. The van der Waals surface area contributed by atoms with Gasteiger partial charge in [0.1, 0.15) is 9.88 Å². The minimum Gasteiger partial charge on any atom is -0.337 e. The van der Waals surface area contributed by atoms with Crippen molar-refractivity contribution < 1.29 is 30.8 Å². The zero-order valence-electron chi connectivity index (χ0n) is 20.1. The molecule has 2 aromatic carbocycles. The van der Waals surface area contributed by atoms with Crippen LogP contribution in [0.2, 0.25) is 0 Å². The maximum Gasteiger partial charge on any atom is 0.416 e. The number of halogens is 4. The molecule has 1 N–H and O–H groups in total. The molecule has 4 rings (SSSR count). The maximum absolute atomic E-state index is 13.4. The van der Waals surface area contributed by atoms with Crippen LogP contribution in [0.3, 0.4) is 0 Å². The Morgan fingerprint density at radius 2 is 1.86 bits per heavy atom. The van der Waals surface area contributed by atoms with Crippen molar-refractivity contribution in [2.45, 2.75) is 38.8 Å². The van der Waals surface area contributed by atoms with Gasteiger partial charge in [-0.05, 0) is 56.0 Å². The number of thiazole rings is 1. The van der Waals surface area contributed by atoms with E-state index in [1.165, 1.54) is 12.1 Å². The molecule has 12 heteroatoms. The lowest BCUT2D eigenvalue weighted by atomic mass is 9.89. The molecule has 1 unspecified atom stereocenters. The molecule has 37 heavy (non-hydrogen) atoms. The normalized spacial score (nSPS) is 16.6. The summed E-state index contributed by atoms with van der Waals surface area (Å²) in [5, 5.41) is 0.464. The number of aromatic nitrogens is 1. The Hall–Kier alpha value is -2.99. The molecule has 1 amide bonds. The van der Waals surface area contributed by atoms with Crippen LogP contribution in [-0.2, 0) is 16.2 Å². The molecule has 0 radical (unpaired) electrons. The summed E-state index contributed by atoms with van der Waals surface area (Å²) in [6, 6.07) is 8.47. The molecule has 0 saturated carbocycles. The largest absolute Gasteiger partial charge is 0.416 e. The number of carbonyl (C=O) groups excluding carboxylic acids is 1. The lowest BCUT2D eigenvalue weighted by molar-refractivity contribution is -0.137. The first-order chi connectivity index (χ1) is 17.4. The zero-order valence-corrected chi connectivity index (χ0v) is 21.7. The van der Waals surface area contributed by atoms with E-state index in [9.17, 15) is 30.8 Å². The molecule has 1 aliphatic rings. The number of alkyl halides is 4. The molecule has 6 nitrogen and oxygen atoms in total. The summed E-state index contributed by atoms with van der Waals surface area (Å²) in [7, 11) is -4.08. The Kier molecular flexibility index (Phi) is 7.61. The first kappa shape index (κ1) is 27.1. The SMILES string of the molecule is Cc1ccc(C2CCCN(C(=O)c3sc(-c4ccc(C(F)(F)F)cc4)nc3C)C2)cc1NS(=O)(=O)CF. The van der Waals surface area contributed by atoms with Gasteiger partial charge in [0.2, 0.25) is 6.01 Å². The summed E-state index contributed by atoms with van der Waals surface area (Å²) < 4.78 is 77.1. The highest BCUT2D eigenvalue weighted by atomic mass is 32.2. The highest BCUT2D eigenvalue weighted by molar-refractivity contribution is 7.92. The minimum absolute atomic E-state index is 0.0467. The lowest BCUT2D eigenvalue weighted by Gasteiger charge is -2.33. The second kappa shape index (κ2) is 10.4. The van der Waals surface area contributed by atoms with Gasteiger partial charge in [0.15, 0.2) is 0 Å². The van der Waals surface area contributed by atoms with Crippen molar-refractivity contribution in [1.29, 1.82) is 0 Å². The lowest BCUT2D eigenvalue weighted by Crippen LogP contribution is -2.39. The highest BCUT2D eigenvalue weighted by Crippen LogP contribution is 2.35. The average molecular weight is 556 g/mol. The Bertz CT molecular complexity index is 1400. The van der Waals surface area contributed by atoms with Crippen LogP contribution in [0.4, 0.5) is 23.2 Å². The van der Waals surface area contributed by atoms with Gasteiger partial charge in [0.05, 0.1) is 16.9 Å². The topological polar surface area (TPSA) is 79.4 Å². The fourth-order valence-corrected chi connectivity index (χ4v) is 5.94. The van der Waals surface area contributed by atoms with Crippen LogP contribution in [0.25, 0.3) is 10.6 Å². The number of sulfonamides is 1. The third kappa shape index (κ3) is 6.12. The fraction of sp³-hybridized carbons (Fsp3) is 0.360. The molecule has 1 aromatic heterocycles. The van der Waals surface area contributed by atoms with Gasteiger partial charge in [-0.15, -0.1) is 11.3 Å². The van der Waals surface area contributed by atoms with E-state index in [0.717, 1.165) is 41.9 Å². The van der Waals surface area contributed by atoms with Crippen molar-refractivity contribution in [3.63, 3.8) is 0 Å². The van der Waals surface area contributed by atoms with Crippen molar-refractivity contribution in [2.24, 2.45) is 0 Å². The molecule has 0 spiro atoms. The number of rotatable bonds is 6. The molecule has 1 aliphatic heterocycles. The predicted molar refractivity (Wildman–Crippen MR) is 135 cm³/mol. The van der Waals surface area contributed by atoms with E-state index in [2.05, 4.69) is 9.71 Å². The number of benzene rings is 2. The van der Waals surface area contributed by atoms with Gasteiger partial charge in [-0.3, -0.25) is 9.52 Å². The molecule has 0 bridgehead atoms. The predicted octanol–water partition coefficient (Wildman–Crippen LogP) is 6.13. The van der Waals surface area contributed by atoms with E-state index in [1.807, 2.05) is 6.07 Å². The van der Waals surface area contributed by atoms with Crippen LogP contribution in [0.15, 0.2) is 42.5 Å². The molecule has 1 atom stereocenters. The molecular formula is C25H25F4N3O3S2. The van der Waals surface area contributed by atoms with Crippen LogP contribution in [0, 0.1) is 13.8 Å². The maximum atomic E-state index is 13.4. The Balaban J connectivity index is 1.52. The summed E-state index contributed by atoms with van der Waals surface area (Å²) in [5.74, 6) is -0.252. The number of piperidine rings is 1. The fourth-order valence-electron chi connectivity index (χ4n) is 4.30. The first-order valence-electron chi connectivity index (χ1n) is 11.5. The van der Waals surface area contributed by atoms with E-state index in [4.69, 9.17) is 0 Å². The number of likely N-dealkylation sites (tertiary alicyclic amines) is 1. The second-order valence-corrected chi connectivity index (χ2v) is 11.7. The number of aryl methyl sites for hydroxylation is 2. The minimum atomic E-state index is -4.43. The third-order valence-electron chi connectivity index (χ3n) is 6.30. The van der Waals surface area contributed by atoms with Crippen LogP contribution < -0.4 is 4.72 Å². The first-order valence-corrected chi connectivity index (χ1v) is 14.0. The van der Waals surface area contributed by atoms with Gasteiger partial charge in [0, 0.05) is 24.6 Å². The van der Waals surface area contributed by atoms with Crippen molar-refractivity contribution in [2.75, 3.05) is 23.8 Å². The van der Waals surface area contributed by atoms with Gasteiger partial charge in [-0.1, -0.05) is 24.3 Å². The number of nitrogens with one attached hydrogen (secondary N) is 1. The summed E-state index contributed by atoms with van der Waals surface area (Å²) in [5.41, 5.74) is 2.05. The molecule has 0 aliphatic carbocycles. The van der Waals surface area contributed by atoms with Crippen LogP contribution in [0.1, 0.15) is 50.8 Å². The van der Waals surface area contributed by atoms with Gasteiger partial charge in [-0.25, -0.2) is 17.8 Å². The third-order valence-corrected chi connectivity index (χ3v) is 8.31. The van der Waals surface area contributed by atoms with Crippen LogP contribution in [-0.4, -0.2) is 43.3 Å². The summed E-state index contributed by atoms with van der Waals surface area (Å²) in [6.45, 7) is 4.36. The molecule has 198 valence electrons. The van der Waals surface area contributed by atoms with E-state index in [0.29, 0.717) is 45.5 Å². The van der Waals surface area contributed by atoms with E-state index >= 15 is 0 Å². The summed E-state index contributed by atoms with van der Waals surface area (Å²) in [6.07, 6.45) is -2.90. The number of hydrogen-bond donors (Lipinski definition) is 1. The van der Waals surface area contributed by atoms with Gasteiger partial charge >= 0.3 is 6.18 Å². The molecule has 1 saturated heterocycles. The quantitative estimate of drug-likeness (QED) is 0.371. The second-order valence-electron chi connectivity index (χ2n) is 9.00. The summed E-state index contributed by atoms with van der Waals surface area (Å²) >= 11 is 1.14. The molecule has 1 fully saturated rings. The van der Waals surface area contributed by atoms with E-state index < -0.39 is 27.8 Å². The van der Waals surface area contributed by atoms with Crippen molar-refractivity contribution >= 4 is 33.0 Å². The van der Waals surface area contributed by atoms with Crippen LogP contribution >= 0.6 is 11.3 Å². The van der Waals surface area contributed by atoms with Gasteiger partial charge in [0.25, 0.3) is 15.9 Å². The van der Waals surface area contributed by atoms with Gasteiger partial charge < -0.3 is 4.90 Å². The van der Waals surface area contributed by atoms with E-state index in [-0.39, 0.29) is 11.8 Å². The highest BCUT2D eigenvalue weighted by Gasteiger charge is 2.31. The van der Waals surface area contributed by atoms with Crippen LogP contribution in [0.5, 0.6) is 0 Å². The zero-order chi connectivity index (χ0) is 27.0. The number of carbonyl (C=O) groups is 1. The Morgan fingerprint density at radius 1 is 1.16 bits per heavy atom. The Labute approximate surface area is 216 Å². The van der Waals surface area contributed by atoms with Crippen molar-refractivity contribution in [3.8, 4) is 10.6 Å². The van der Waals surface area contributed by atoms with Crippen molar-refractivity contribution in [3.05, 3.63) is 69.7 Å². The Morgan fingerprint density at radius 3 is 2.51 bits per heavy atom. The van der Waals surface area contributed by atoms with E-state index in [1.54, 1.807) is 30.9 Å². The summed E-state index contributed by atoms with van der Waals surface area (Å²) in [4.78, 5) is 20.0. The smallest absolute Gasteiger partial charge is 0.337 e. The number of hydrogen-bond acceptors (Lipinski definition) is 5. The monoisotopic (exact) mass is 555 g/mol. The molecule has 3 aromatic rings. The molecular weight excluding hydrogens is 530 g/mol.